The Morgan fingerprint density at radius 2 is 2.12 bits per heavy atom. The van der Waals surface area contributed by atoms with Crippen molar-refractivity contribution in [1.82, 2.24) is 10.2 Å². The molecule has 0 amide bonds. The third-order valence-corrected chi connectivity index (χ3v) is 2.13. The van der Waals surface area contributed by atoms with Crippen LogP contribution in [0.4, 0.5) is 8.78 Å². The van der Waals surface area contributed by atoms with Crippen LogP contribution in [0, 0.1) is 13.8 Å². The van der Waals surface area contributed by atoms with Gasteiger partial charge in [0.2, 0.25) is 5.88 Å². The Morgan fingerprint density at radius 3 is 2.65 bits per heavy atom. The molecule has 8 heteroatoms. The number of amidine groups is 1. The molecule has 0 unspecified atom stereocenters. The maximum atomic E-state index is 12.0. The van der Waals surface area contributed by atoms with Gasteiger partial charge in [0.05, 0.1) is 11.3 Å². The first-order valence-electron chi connectivity index (χ1n) is 4.70. The second-order valence-corrected chi connectivity index (χ2v) is 3.28. The summed E-state index contributed by atoms with van der Waals surface area (Å²) in [6.07, 6.45) is -2.64. The van der Waals surface area contributed by atoms with E-state index >= 15 is 0 Å². The van der Waals surface area contributed by atoms with E-state index < -0.39 is 13.0 Å². The first kappa shape index (κ1) is 13.1. The lowest BCUT2D eigenvalue weighted by Crippen LogP contribution is -2.20. The van der Waals surface area contributed by atoms with Crippen molar-refractivity contribution in [3.8, 4) is 5.88 Å². The van der Waals surface area contributed by atoms with Crippen molar-refractivity contribution < 1.29 is 18.7 Å². The molecule has 0 spiro atoms. The van der Waals surface area contributed by atoms with E-state index in [0.29, 0.717) is 11.3 Å². The van der Waals surface area contributed by atoms with Crippen molar-refractivity contribution >= 4 is 5.84 Å². The molecule has 1 aromatic rings. The van der Waals surface area contributed by atoms with Gasteiger partial charge in [0, 0.05) is 0 Å². The van der Waals surface area contributed by atoms with Gasteiger partial charge in [-0.05, 0) is 19.4 Å². The normalized spacial score (nSPS) is 11.9. The first-order valence-corrected chi connectivity index (χ1v) is 4.70. The summed E-state index contributed by atoms with van der Waals surface area (Å²) in [7, 11) is 0. The highest BCUT2D eigenvalue weighted by atomic mass is 19.3. The second-order valence-electron chi connectivity index (χ2n) is 3.28. The number of aromatic nitrogens is 2. The smallest absolute Gasteiger partial charge is 0.272 e. The van der Waals surface area contributed by atoms with E-state index in [9.17, 15) is 8.78 Å². The molecule has 0 fully saturated rings. The Labute approximate surface area is 96.1 Å². The van der Waals surface area contributed by atoms with Gasteiger partial charge in [0.15, 0.2) is 12.4 Å². The standard InChI is InChI=1S/C9H12F2N4O2/c1-4-5(2)13-14-9(17-3-6(10)11)7(4)8(12)15-16/h6,16H,3H2,1-2H3,(H2,12,15). The van der Waals surface area contributed by atoms with Gasteiger partial charge in [-0.1, -0.05) is 5.16 Å². The number of nitrogens with zero attached hydrogens (tertiary/aromatic N) is 3. The SMILES string of the molecule is Cc1nnc(OCC(F)F)c(C(N)=NO)c1C. The number of hydrogen-bond donors (Lipinski definition) is 2. The Morgan fingerprint density at radius 1 is 1.47 bits per heavy atom. The zero-order valence-electron chi connectivity index (χ0n) is 9.31. The summed E-state index contributed by atoms with van der Waals surface area (Å²) < 4.78 is 28.8. The van der Waals surface area contributed by atoms with Crippen molar-refractivity contribution in [2.24, 2.45) is 10.9 Å². The molecule has 0 saturated heterocycles. The van der Waals surface area contributed by atoms with Crippen LogP contribution in [0.2, 0.25) is 0 Å². The molecule has 0 radical (unpaired) electrons. The Hall–Kier alpha value is -1.99. The predicted octanol–water partition coefficient (Wildman–Crippen LogP) is 0.832. The lowest BCUT2D eigenvalue weighted by atomic mass is 10.1. The van der Waals surface area contributed by atoms with E-state index in [1.807, 2.05) is 0 Å². The van der Waals surface area contributed by atoms with E-state index in [0.717, 1.165) is 0 Å². The molecule has 6 nitrogen and oxygen atoms in total. The average molecular weight is 246 g/mol. The van der Waals surface area contributed by atoms with Gasteiger partial charge >= 0.3 is 0 Å². The fourth-order valence-electron chi connectivity index (χ4n) is 1.18. The molecule has 0 aliphatic carbocycles. The monoisotopic (exact) mass is 246 g/mol. The second kappa shape index (κ2) is 5.37. The highest BCUT2D eigenvalue weighted by molar-refractivity contribution is 6.00. The van der Waals surface area contributed by atoms with Crippen LogP contribution in [-0.2, 0) is 0 Å². The molecule has 0 saturated carbocycles. The van der Waals surface area contributed by atoms with Crippen LogP contribution in [0.25, 0.3) is 0 Å². The van der Waals surface area contributed by atoms with Gasteiger partial charge in [-0.15, -0.1) is 5.10 Å². The molecule has 0 aliphatic rings. The van der Waals surface area contributed by atoms with Crippen molar-refractivity contribution in [3.05, 3.63) is 16.8 Å². The minimum Gasteiger partial charge on any atom is -0.470 e. The van der Waals surface area contributed by atoms with Crippen molar-refractivity contribution in [3.63, 3.8) is 0 Å². The third kappa shape index (κ3) is 2.99. The van der Waals surface area contributed by atoms with E-state index in [4.69, 9.17) is 15.7 Å². The summed E-state index contributed by atoms with van der Waals surface area (Å²) in [5.74, 6) is -0.437. The van der Waals surface area contributed by atoms with E-state index in [1.54, 1.807) is 13.8 Å². The molecule has 1 heterocycles. The number of nitrogens with two attached hydrogens (primary N) is 1. The molecule has 0 atom stereocenters. The number of ether oxygens (including phenoxy) is 1. The quantitative estimate of drug-likeness (QED) is 0.355. The first-order chi connectivity index (χ1) is 7.97. The largest absolute Gasteiger partial charge is 0.470 e. The number of rotatable bonds is 4. The summed E-state index contributed by atoms with van der Waals surface area (Å²) in [5.41, 5.74) is 6.70. The summed E-state index contributed by atoms with van der Waals surface area (Å²) >= 11 is 0. The molecule has 0 bridgehead atoms. The van der Waals surface area contributed by atoms with Crippen LogP contribution in [0.3, 0.4) is 0 Å². The highest BCUT2D eigenvalue weighted by Gasteiger charge is 2.17. The van der Waals surface area contributed by atoms with E-state index in [2.05, 4.69) is 15.4 Å². The fourth-order valence-corrected chi connectivity index (χ4v) is 1.18. The van der Waals surface area contributed by atoms with Gasteiger partial charge < -0.3 is 15.7 Å². The summed E-state index contributed by atoms with van der Waals surface area (Å²) in [4.78, 5) is 0. The fraction of sp³-hybridized carbons (Fsp3) is 0.444. The molecule has 94 valence electrons. The highest BCUT2D eigenvalue weighted by Crippen LogP contribution is 2.20. The van der Waals surface area contributed by atoms with E-state index in [1.165, 1.54) is 0 Å². The number of halogens is 2. The van der Waals surface area contributed by atoms with E-state index in [-0.39, 0.29) is 17.3 Å². The van der Waals surface area contributed by atoms with Crippen LogP contribution in [0.15, 0.2) is 5.16 Å². The van der Waals surface area contributed by atoms with Crippen LogP contribution in [0.5, 0.6) is 5.88 Å². The van der Waals surface area contributed by atoms with Crippen molar-refractivity contribution in [1.29, 1.82) is 0 Å². The Kier molecular flexibility index (Phi) is 4.13. The van der Waals surface area contributed by atoms with Crippen LogP contribution in [-0.4, -0.2) is 34.3 Å². The van der Waals surface area contributed by atoms with Crippen LogP contribution in [0.1, 0.15) is 16.8 Å². The lowest BCUT2D eigenvalue weighted by molar-refractivity contribution is 0.0789. The minimum atomic E-state index is -2.64. The van der Waals surface area contributed by atoms with Crippen LogP contribution < -0.4 is 10.5 Å². The molecule has 3 N–H and O–H groups in total. The topological polar surface area (TPSA) is 93.6 Å². The molecular formula is C9H12F2N4O2. The molecule has 17 heavy (non-hydrogen) atoms. The Balaban J connectivity index is 3.16. The molecule has 0 aromatic carbocycles. The Bertz CT molecular complexity index is 437. The third-order valence-electron chi connectivity index (χ3n) is 2.13. The van der Waals surface area contributed by atoms with Gasteiger partial charge in [0.1, 0.15) is 0 Å². The number of hydrogen-bond acceptors (Lipinski definition) is 5. The predicted molar refractivity (Wildman–Crippen MR) is 55.5 cm³/mol. The maximum absolute atomic E-state index is 12.0. The van der Waals surface area contributed by atoms with Crippen LogP contribution >= 0.6 is 0 Å². The zero-order valence-corrected chi connectivity index (χ0v) is 9.31. The van der Waals surface area contributed by atoms with Crippen molar-refractivity contribution in [2.75, 3.05) is 6.61 Å². The number of alkyl halides is 2. The summed E-state index contributed by atoms with van der Waals surface area (Å²) in [6.45, 7) is 2.48. The minimum absolute atomic E-state index is 0.167. The van der Waals surface area contributed by atoms with Crippen molar-refractivity contribution in [2.45, 2.75) is 20.3 Å². The maximum Gasteiger partial charge on any atom is 0.272 e. The molecule has 1 rings (SSSR count). The van der Waals surface area contributed by atoms with Gasteiger partial charge in [-0.25, -0.2) is 8.78 Å². The number of aryl methyl sites for hydroxylation is 1. The molecule has 1 aromatic heterocycles. The summed E-state index contributed by atoms with van der Waals surface area (Å²) in [5, 5.41) is 18.7. The number of oxime groups is 1. The van der Waals surface area contributed by atoms with Gasteiger partial charge in [-0.2, -0.15) is 5.10 Å². The average Bonchev–Trinajstić information content (AvgIpc) is 2.29. The summed E-state index contributed by atoms with van der Waals surface area (Å²) in [6, 6.07) is 0. The molecule has 0 aliphatic heterocycles. The molecular weight excluding hydrogens is 234 g/mol. The van der Waals surface area contributed by atoms with Gasteiger partial charge in [-0.3, -0.25) is 0 Å². The lowest BCUT2D eigenvalue weighted by Gasteiger charge is -2.11. The van der Waals surface area contributed by atoms with Gasteiger partial charge in [0.25, 0.3) is 6.43 Å². The zero-order chi connectivity index (χ0) is 13.0.